The molecule has 0 fully saturated rings. The molecule has 0 aliphatic heterocycles. The van der Waals surface area contributed by atoms with E-state index in [2.05, 4.69) is 0 Å². The van der Waals surface area contributed by atoms with E-state index in [1.54, 1.807) is 44.6 Å². The molecule has 0 amide bonds. The quantitative estimate of drug-likeness (QED) is 0.443. The van der Waals surface area contributed by atoms with Crippen molar-refractivity contribution in [2.75, 3.05) is 20.4 Å². The molecule has 0 saturated heterocycles. The fourth-order valence-corrected chi connectivity index (χ4v) is 6.12. The van der Waals surface area contributed by atoms with Gasteiger partial charge >= 0.3 is 0 Å². The second-order valence-corrected chi connectivity index (χ2v) is 10.3. The van der Waals surface area contributed by atoms with E-state index in [0.717, 1.165) is 5.56 Å². The van der Waals surface area contributed by atoms with Gasteiger partial charge in [-0.05, 0) is 60.2 Å². The maximum absolute atomic E-state index is 14.2. The molecule has 0 aliphatic carbocycles. The maximum Gasteiger partial charge on any atom is 0.143 e. The Kier molecular flexibility index (Phi) is 7.36. The van der Waals surface area contributed by atoms with E-state index >= 15 is 0 Å². The van der Waals surface area contributed by atoms with Crippen LogP contribution in [0.1, 0.15) is 12.0 Å². The number of hydrogen-bond acceptors (Lipinski definition) is 4. The van der Waals surface area contributed by atoms with E-state index in [9.17, 15) is 9.36 Å². The molecule has 6 heteroatoms. The number of benzene rings is 3. The minimum absolute atomic E-state index is 0.00495. The second-order valence-electron chi connectivity index (χ2n) is 6.92. The Labute approximate surface area is 182 Å². The van der Waals surface area contributed by atoms with Gasteiger partial charge in [-0.3, -0.25) is 4.79 Å². The van der Waals surface area contributed by atoms with Gasteiger partial charge in [-0.15, -0.1) is 0 Å². The van der Waals surface area contributed by atoms with Crippen LogP contribution in [0.4, 0.5) is 0 Å². The highest BCUT2D eigenvalue weighted by Crippen LogP contribution is 2.44. The van der Waals surface area contributed by atoms with E-state index in [-0.39, 0.29) is 24.8 Å². The number of Topliss-reactive ketones (excluding diaryl/α,β-unsaturated/α-hetero) is 1. The van der Waals surface area contributed by atoms with Gasteiger partial charge in [-0.1, -0.05) is 29.8 Å². The zero-order valence-electron chi connectivity index (χ0n) is 17.0. The van der Waals surface area contributed by atoms with Gasteiger partial charge in [0.15, 0.2) is 0 Å². The van der Waals surface area contributed by atoms with Crippen LogP contribution < -0.4 is 20.1 Å². The summed E-state index contributed by atoms with van der Waals surface area (Å²) < 4.78 is 24.6. The Morgan fingerprint density at radius 3 is 1.80 bits per heavy atom. The Morgan fingerprint density at radius 2 is 1.33 bits per heavy atom. The molecule has 0 N–H and O–H groups in total. The van der Waals surface area contributed by atoms with Gasteiger partial charge in [0.2, 0.25) is 0 Å². The van der Waals surface area contributed by atoms with Gasteiger partial charge in [0, 0.05) is 34.6 Å². The average Bonchev–Trinajstić information content (AvgIpc) is 2.79. The molecule has 156 valence electrons. The largest absolute Gasteiger partial charge is 0.497 e. The number of ether oxygens (including phenoxy) is 2. The average molecular weight is 443 g/mol. The van der Waals surface area contributed by atoms with E-state index in [4.69, 9.17) is 21.1 Å². The minimum Gasteiger partial charge on any atom is -0.497 e. The molecule has 30 heavy (non-hydrogen) atoms. The lowest BCUT2D eigenvalue weighted by molar-refractivity contribution is -0.118. The molecule has 0 aliphatic rings. The minimum atomic E-state index is -3.02. The van der Waals surface area contributed by atoms with E-state index in [1.807, 2.05) is 42.5 Å². The first-order valence-corrected chi connectivity index (χ1v) is 11.9. The number of halogens is 1. The Bertz CT molecular complexity index is 994. The van der Waals surface area contributed by atoms with Crippen molar-refractivity contribution >= 4 is 35.1 Å². The molecule has 3 rings (SSSR count). The highest BCUT2D eigenvalue weighted by Gasteiger charge is 2.28. The number of carbonyl (C=O) groups is 1. The summed E-state index contributed by atoms with van der Waals surface area (Å²) in [6.07, 6.45) is 0.667. The molecular formula is C24H24ClO4P. The molecule has 3 aromatic carbocycles. The molecule has 0 heterocycles. The van der Waals surface area contributed by atoms with Crippen LogP contribution in [0, 0.1) is 0 Å². The smallest absolute Gasteiger partial charge is 0.143 e. The first-order valence-electron chi connectivity index (χ1n) is 9.59. The van der Waals surface area contributed by atoms with Gasteiger partial charge in [-0.25, -0.2) is 0 Å². The van der Waals surface area contributed by atoms with E-state index in [1.165, 1.54) is 0 Å². The first kappa shape index (κ1) is 22.1. The Hall–Kier alpha value is -2.55. The SMILES string of the molecule is COc1ccc(P(=O)(CCC(=O)Cc2ccccc2Cl)c2ccc(OC)cc2)cc1. The van der Waals surface area contributed by atoms with E-state index < -0.39 is 7.14 Å². The number of methoxy groups -OCH3 is 2. The molecule has 0 saturated carbocycles. The van der Waals surface area contributed by atoms with Gasteiger partial charge in [0.1, 0.15) is 24.4 Å². The highest BCUT2D eigenvalue weighted by atomic mass is 35.5. The summed E-state index contributed by atoms with van der Waals surface area (Å²) in [4.78, 5) is 12.7. The van der Waals surface area contributed by atoms with Gasteiger partial charge in [0.25, 0.3) is 0 Å². The van der Waals surface area contributed by atoms with Crippen LogP contribution in [0.25, 0.3) is 0 Å². The Morgan fingerprint density at radius 1 is 0.833 bits per heavy atom. The monoisotopic (exact) mass is 442 g/mol. The number of carbonyl (C=O) groups excluding carboxylic acids is 1. The number of ketones is 1. The maximum atomic E-state index is 14.2. The molecule has 0 aromatic heterocycles. The molecule has 4 nitrogen and oxygen atoms in total. The predicted molar refractivity (Wildman–Crippen MR) is 123 cm³/mol. The van der Waals surface area contributed by atoms with Crippen LogP contribution in [0.2, 0.25) is 5.02 Å². The van der Waals surface area contributed by atoms with E-state index in [0.29, 0.717) is 27.1 Å². The van der Waals surface area contributed by atoms with Gasteiger partial charge < -0.3 is 14.0 Å². The van der Waals surface area contributed by atoms with Crippen molar-refractivity contribution in [1.29, 1.82) is 0 Å². The predicted octanol–water partition coefficient (Wildman–Crippen LogP) is 4.87. The highest BCUT2D eigenvalue weighted by molar-refractivity contribution is 7.78. The lowest BCUT2D eigenvalue weighted by atomic mass is 10.1. The van der Waals surface area contributed by atoms with Crippen LogP contribution in [-0.4, -0.2) is 26.2 Å². The van der Waals surface area contributed by atoms with Crippen LogP contribution >= 0.6 is 18.7 Å². The van der Waals surface area contributed by atoms with Crippen LogP contribution in [-0.2, 0) is 15.8 Å². The fourth-order valence-electron chi connectivity index (χ4n) is 3.28. The van der Waals surface area contributed by atoms with Crippen molar-refractivity contribution in [3.63, 3.8) is 0 Å². The summed E-state index contributed by atoms with van der Waals surface area (Å²) in [6.45, 7) is 0. The molecule has 0 radical (unpaired) electrons. The third-order valence-corrected chi connectivity index (χ3v) is 8.52. The van der Waals surface area contributed by atoms with Crippen LogP contribution in [0.15, 0.2) is 72.8 Å². The van der Waals surface area contributed by atoms with Crippen molar-refractivity contribution in [1.82, 2.24) is 0 Å². The molecule has 3 aromatic rings. The summed E-state index contributed by atoms with van der Waals surface area (Å²) in [5.74, 6) is 1.38. The van der Waals surface area contributed by atoms with Crippen molar-refractivity contribution < 1.29 is 18.8 Å². The Balaban J connectivity index is 1.86. The first-order chi connectivity index (χ1) is 14.5. The molecule has 0 bridgehead atoms. The summed E-state index contributed by atoms with van der Waals surface area (Å²) in [5, 5.41) is 1.96. The molecule has 0 unspecified atom stereocenters. The normalized spacial score (nSPS) is 11.2. The summed E-state index contributed by atoms with van der Waals surface area (Å²) in [7, 11) is 0.157. The van der Waals surface area contributed by atoms with Crippen molar-refractivity contribution in [3.05, 3.63) is 83.4 Å². The third kappa shape index (κ3) is 5.13. The summed E-state index contributed by atoms with van der Waals surface area (Å²) >= 11 is 6.18. The summed E-state index contributed by atoms with van der Waals surface area (Å²) in [5.41, 5.74) is 0.785. The zero-order chi connectivity index (χ0) is 21.6. The molecular weight excluding hydrogens is 419 g/mol. The topological polar surface area (TPSA) is 52.6 Å². The summed E-state index contributed by atoms with van der Waals surface area (Å²) in [6, 6.07) is 21.7. The van der Waals surface area contributed by atoms with Crippen LogP contribution in [0.3, 0.4) is 0 Å². The number of hydrogen-bond donors (Lipinski definition) is 0. The van der Waals surface area contributed by atoms with Crippen molar-refractivity contribution in [3.8, 4) is 11.5 Å². The number of rotatable bonds is 9. The van der Waals surface area contributed by atoms with Crippen molar-refractivity contribution in [2.45, 2.75) is 12.8 Å². The van der Waals surface area contributed by atoms with Gasteiger partial charge in [0.05, 0.1) is 14.2 Å². The lowest BCUT2D eigenvalue weighted by Crippen LogP contribution is -2.20. The van der Waals surface area contributed by atoms with Gasteiger partial charge in [-0.2, -0.15) is 0 Å². The zero-order valence-corrected chi connectivity index (χ0v) is 18.7. The molecule has 0 spiro atoms. The standard InChI is InChI=1S/C24H24ClO4P/c1-28-20-7-11-22(12-8-20)30(27,23-13-9-21(29-2)10-14-23)16-15-19(26)17-18-5-3-4-6-24(18)25/h3-14H,15-17H2,1-2H3. The van der Waals surface area contributed by atoms with Crippen LogP contribution in [0.5, 0.6) is 11.5 Å². The fraction of sp³-hybridized carbons (Fsp3) is 0.208. The van der Waals surface area contributed by atoms with Crippen molar-refractivity contribution in [2.24, 2.45) is 0 Å². The molecule has 0 atom stereocenters. The lowest BCUT2D eigenvalue weighted by Gasteiger charge is -2.20. The third-order valence-electron chi connectivity index (χ3n) is 5.03. The second kappa shape index (κ2) is 9.97.